The molecule has 2 aliphatic rings. The number of nitrogens with zero attached hydrogens (tertiary/aromatic N) is 4. The lowest BCUT2D eigenvalue weighted by molar-refractivity contribution is -0.117. The van der Waals surface area contributed by atoms with Crippen LogP contribution in [0.4, 0.5) is 23.0 Å². The number of aromatic nitrogens is 2. The number of carbonyl (C=O) groups is 1. The van der Waals surface area contributed by atoms with Crippen LogP contribution in [0.1, 0.15) is 20.3 Å². The van der Waals surface area contributed by atoms with Crippen molar-refractivity contribution in [1.82, 2.24) is 9.97 Å². The van der Waals surface area contributed by atoms with E-state index in [1.807, 2.05) is 18.2 Å². The highest BCUT2D eigenvalue weighted by atomic mass is 35.5. The van der Waals surface area contributed by atoms with Gasteiger partial charge in [0.1, 0.15) is 18.1 Å². The van der Waals surface area contributed by atoms with Gasteiger partial charge in [0.25, 0.3) is 0 Å². The second-order valence-electron chi connectivity index (χ2n) is 7.69. The van der Waals surface area contributed by atoms with E-state index in [4.69, 9.17) is 11.6 Å². The summed E-state index contributed by atoms with van der Waals surface area (Å²) in [4.78, 5) is 25.9. The summed E-state index contributed by atoms with van der Waals surface area (Å²) < 4.78 is 0. The minimum absolute atomic E-state index is 0.0187. The molecule has 1 amide bonds. The van der Waals surface area contributed by atoms with Crippen molar-refractivity contribution in [2.75, 3.05) is 46.6 Å². The molecule has 2 aliphatic heterocycles. The molecular weight excluding hydrogens is 376 g/mol. The van der Waals surface area contributed by atoms with Crippen molar-refractivity contribution < 1.29 is 4.79 Å². The zero-order valence-electron chi connectivity index (χ0n) is 16.2. The van der Waals surface area contributed by atoms with Crippen LogP contribution in [0.5, 0.6) is 0 Å². The highest BCUT2D eigenvalue weighted by molar-refractivity contribution is 6.30. The van der Waals surface area contributed by atoms with Crippen molar-refractivity contribution in [3.63, 3.8) is 0 Å². The Kier molecular flexibility index (Phi) is 5.26. The number of benzene rings is 1. The van der Waals surface area contributed by atoms with Crippen LogP contribution in [0, 0.1) is 5.92 Å². The third-order valence-corrected chi connectivity index (χ3v) is 5.40. The highest BCUT2D eigenvalue weighted by Gasteiger charge is 2.31. The van der Waals surface area contributed by atoms with Gasteiger partial charge in [-0.2, -0.15) is 0 Å². The second-order valence-corrected chi connectivity index (χ2v) is 8.13. The number of carbonyl (C=O) groups excluding carboxylic acids is 1. The van der Waals surface area contributed by atoms with E-state index in [1.54, 1.807) is 6.33 Å². The summed E-state index contributed by atoms with van der Waals surface area (Å²) in [5, 5.41) is 7.06. The summed E-state index contributed by atoms with van der Waals surface area (Å²) >= 11 is 6.12. The Morgan fingerprint density at radius 2 is 1.93 bits per heavy atom. The van der Waals surface area contributed by atoms with Crippen molar-refractivity contribution in [1.29, 1.82) is 0 Å². The van der Waals surface area contributed by atoms with Gasteiger partial charge in [-0.05, 0) is 30.5 Å². The molecule has 2 N–H and O–H groups in total. The lowest BCUT2D eigenvalue weighted by Crippen LogP contribution is -2.48. The summed E-state index contributed by atoms with van der Waals surface area (Å²) in [7, 11) is 0. The van der Waals surface area contributed by atoms with Crippen LogP contribution >= 0.6 is 11.6 Å². The largest absolute Gasteiger partial charge is 0.368 e. The summed E-state index contributed by atoms with van der Waals surface area (Å²) in [6, 6.07) is 7.67. The molecule has 0 saturated carbocycles. The molecule has 1 aromatic heterocycles. The number of piperazine rings is 1. The molecule has 1 aromatic carbocycles. The Balaban J connectivity index is 1.49. The van der Waals surface area contributed by atoms with E-state index in [2.05, 4.69) is 50.3 Å². The Morgan fingerprint density at radius 3 is 2.64 bits per heavy atom. The first kappa shape index (κ1) is 18.8. The maximum Gasteiger partial charge on any atom is 0.247 e. The number of rotatable bonds is 4. The Morgan fingerprint density at radius 1 is 1.18 bits per heavy atom. The predicted molar refractivity (Wildman–Crippen MR) is 113 cm³/mol. The average molecular weight is 401 g/mol. The Bertz CT molecular complexity index is 866. The first-order valence-electron chi connectivity index (χ1n) is 9.69. The van der Waals surface area contributed by atoms with Crippen molar-refractivity contribution in [3.05, 3.63) is 35.6 Å². The first-order chi connectivity index (χ1) is 13.5. The molecule has 0 spiro atoms. The molecule has 2 aromatic rings. The molecule has 8 heteroatoms. The Hall–Kier alpha value is -2.54. The van der Waals surface area contributed by atoms with Crippen LogP contribution in [0.3, 0.4) is 0 Å². The van der Waals surface area contributed by atoms with Crippen molar-refractivity contribution in [2.24, 2.45) is 5.92 Å². The van der Waals surface area contributed by atoms with E-state index in [9.17, 15) is 4.79 Å². The fourth-order valence-electron chi connectivity index (χ4n) is 3.77. The highest BCUT2D eigenvalue weighted by Crippen LogP contribution is 2.34. The molecule has 4 rings (SSSR count). The molecule has 28 heavy (non-hydrogen) atoms. The molecule has 1 saturated heterocycles. The standard InChI is InChI=1S/C20H25ClN6O/c1-13(2)10-16-20(28)25-17-18(24-16)22-12-23-19(17)27-8-6-26(7-9-27)15-5-3-4-14(21)11-15/h3-5,11-13,16H,6-10H2,1-2H3,(H,25,28)(H,22,23,24). The monoisotopic (exact) mass is 400 g/mol. The van der Waals surface area contributed by atoms with E-state index < -0.39 is 0 Å². The molecule has 0 radical (unpaired) electrons. The number of amides is 1. The fourth-order valence-corrected chi connectivity index (χ4v) is 3.95. The molecule has 1 fully saturated rings. The lowest BCUT2D eigenvalue weighted by Gasteiger charge is -2.38. The van der Waals surface area contributed by atoms with Gasteiger partial charge in [-0.15, -0.1) is 0 Å². The quantitative estimate of drug-likeness (QED) is 0.820. The van der Waals surface area contributed by atoms with Gasteiger partial charge in [-0.3, -0.25) is 4.79 Å². The van der Waals surface area contributed by atoms with Gasteiger partial charge >= 0.3 is 0 Å². The van der Waals surface area contributed by atoms with Gasteiger partial charge in [0.15, 0.2) is 11.6 Å². The minimum atomic E-state index is -0.255. The average Bonchev–Trinajstić information content (AvgIpc) is 2.68. The molecule has 0 aliphatic carbocycles. The van der Waals surface area contributed by atoms with E-state index in [1.165, 1.54) is 0 Å². The second kappa shape index (κ2) is 7.83. The summed E-state index contributed by atoms with van der Waals surface area (Å²) in [5.74, 6) is 1.88. The third kappa shape index (κ3) is 3.85. The molecule has 0 bridgehead atoms. The SMILES string of the molecule is CC(C)CC1Nc2ncnc(N3CCN(c4cccc(Cl)c4)CC3)c2NC1=O. The van der Waals surface area contributed by atoms with Crippen LogP contribution in [0.25, 0.3) is 0 Å². The summed E-state index contributed by atoms with van der Waals surface area (Å²) in [6.07, 6.45) is 2.33. The Labute approximate surface area is 170 Å². The number of hydrogen-bond acceptors (Lipinski definition) is 6. The molecule has 7 nitrogen and oxygen atoms in total. The number of nitrogens with one attached hydrogen (secondary N) is 2. The maximum absolute atomic E-state index is 12.5. The topological polar surface area (TPSA) is 73.4 Å². The number of anilines is 4. The molecule has 1 unspecified atom stereocenters. The van der Waals surface area contributed by atoms with Crippen LogP contribution in [0.15, 0.2) is 30.6 Å². The normalized spacial score (nSPS) is 19.3. The zero-order chi connectivity index (χ0) is 19.7. The van der Waals surface area contributed by atoms with Crippen molar-refractivity contribution in [2.45, 2.75) is 26.3 Å². The van der Waals surface area contributed by atoms with Crippen LogP contribution in [-0.4, -0.2) is 48.1 Å². The van der Waals surface area contributed by atoms with Gasteiger partial charge in [-0.25, -0.2) is 9.97 Å². The van der Waals surface area contributed by atoms with Crippen LogP contribution < -0.4 is 20.4 Å². The molecule has 148 valence electrons. The van der Waals surface area contributed by atoms with Gasteiger partial charge in [0, 0.05) is 36.9 Å². The van der Waals surface area contributed by atoms with E-state index in [-0.39, 0.29) is 11.9 Å². The zero-order valence-corrected chi connectivity index (χ0v) is 16.9. The van der Waals surface area contributed by atoms with Gasteiger partial charge < -0.3 is 20.4 Å². The molecule has 1 atom stereocenters. The summed E-state index contributed by atoms with van der Waals surface area (Å²) in [5.41, 5.74) is 1.81. The lowest BCUT2D eigenvalue weighted by atomic mass is 10.0. The predicted octanol–water partition coefficient (Wildman–Crippen LogP) is 3.24. The third-order valence-electron chi connectivity index (χ3n) is 5.16. The molecule has 3 heterocycles. The number of hydrogen-bond donors (Lipinski definition) is 2. The van der Waals surface area contributed by atoms with Gasteiger partial charge in [0.05, 0.1) is 0 Å². The van der Waals surface area contributed by atoms with Crippen LogP contribution in [-0.2, 0) is 4.79 Å². The summed E-state index contributed by atoms with van der Waals surface area (Å²) in [6.45, 7) is 7.54. The number of fused-ring (bicyclic) bond motifs is 1. The van der Waals surface area contributed by atoms with Crippen LogP contribution in [0.2, 0.25) is 5.02 Å². The van der Waals surface area contributed by atoms with Crippen molar-refractivity contribution >= 4 is 40.5 Å². The first-order valence-corrected chi connectivity index (χ1v) is 10.1. The maximum atomic E-state index is 12.5. The fraction of sp³-hybridized carbons (Fsp3) is 0.450. The molecular formula is C20H25ClN6O. The van der Waals surface area contributed by atoms with E-state index in [0.29, 0.717) is 17.4 Å². The van der Waals surface area contributed by atoms with E-state index in [0.717, 1.165) is 49.1 Å². The number of halogens is 1. The van der Waals surface area contributed by atoms with Gasteiger partial charge in [-0.1, -0.05) is 31.5 Å². The smallest absolute Gasteiger partial charge is 0.247 e. The van der Waals surface area contributed by atoms with E-state index >= 15 is 0 Å². The minimum Gasteiger partial charge on any atom is -0.368 e. The van der Waals surface area contributed by atoms with Crippen molar-refractivity contribution in [3.8, 4) is 0 Å². The van der Waals surface area contributed by atoms with Gasteiger partial charge in [0.2, 0.25) is 5.91 Å².